The summed E-state index contributed by atoms with van der Waals surface area (Å²) < 4.78 is 2.54. The first kappa shape index (κ1) is 37.2. The molecule has 1 aliphatic heterocycles. The van der Waals surface area contributed by atoms with Crippen molar-refractivity contribution >= 4 is 69.6 Å². The van der Waals surface area contributed by atoms with Gasteiger partial charge < -0.3 is 4.57 Å². The molecule has 0 N–H and O–H groups in total. The summed E-state index contributed by atoms with van der Waals surface area (Å²) in [5.74, 6) is 0. The second-order valence-corrected chi connectivity index (χ2v) is 20.1. The maximum atomic E-state index is 4.01. The Bertz CT molecular complexity index is 2560. The van der Waals surface area contributed by atoms with Crippen LogP contribution in [0.25, 0.3) is 61.6 Å². The molecule has 0 spiro atoms. The summed E-state index contributed by atoms with van der Waals surface area (Å²) in [6.07, 6.45) is 14.3. The molecular weight excluding hydrogens is 691 g/mol. The van der Waals surface area contributed by atoms with Crippen LogP contribution in [0.4, 0.5) is 0 Å². The highest BCUT2D eigenvalue weighted by Gasteiger charge is 2.43. The van der Waals surface area contributed by atoms with E-state index in [2.05, 4.69) is 195 Å². The molecule has 278 valence electrons. The molecule has 0 radical (unpaired) electrons. The number of benzene rings is 6. The van der Waals surface area contributed by atoms with Crippen molar-refractivity contribution in [3.8, 4) is 0 Å². The molecule has 56 heavy (non-hydrogen) atoms. The predicted molar refractivity (Wildman–Crippen MR) is 249 cm³/mol. The first-order valence-corrected chi connectivity index (χ1v) is 23.6. The Labute approximate surface area is 335 Å². The van der Waals surface area contributed by atoms with Crippen LogP contribution < -0.4 is 0 Å². The zero-order valence-electron chi connectivity index (χ0n) is 33.3. The lowest BCUT2D eigenvalue weighted by Gasteiger charge is -2.26. The number of aromatic nitrogens is 1. The summed E-state index contributed by atoms with van der Waals surface area (Å²) in [5, 5.41) is 5.66. The molecule has 2 heteroatoms. The van der Waals surface area contributed by atoms with Crippen molar-refractivity contribution in [2.45, 2.75) is 65.1 Å². The monoisotopic (exact) mass is 743 g/mol. The highest BCUT2D eigenvalue weighted by molar-refractivity contribution is 7.13. The molecule has 0 bridgehead atoms. The topological polar surface area (TPSA) is 4.93 Å². The Balaban J connectivity index is 1.14. The van der Waals surface area contributed by atoms with E-state index in [1.165, 1.54) is 115 Å². The molecule has 6 aromatic carbocycles. The molecule has 0 fully saturated rings. The Hall–Kier alpha value is -5.70. The van der Waals surface area contributed by atoms with Crippen molar-refractivity contribution in [3.63, 3.8) is 0 Å². The van der Waals surface area contributed by atoms with Crippen molar-refractivity contribution in [2.24, 2.45) is 0 Å². The maximum Gasteiger partial charge on any atom is 0.115 e. The van der Waals surface area contributed by atoms with Crippen LogP contribution in [0.5, 0.6) is 0 Å². The van der Waals surface area contributed by atoms with Crippen molar-refractivity contribution in [1.82, 2.24) is 4.57 Å². The predicted octanol–water partition coefficient (Wildman–Crippen LogP) is 15.3. The molecule has 1 aromatic heterocycles. The molecule has 0 aliphatic carbocycles. The standard InChI is InChI=1S/C54H53NSi/c1-5-7-8-9-10-19-38-55-49-25-18-17-24-47(49)48-39-42(32-37-50(48)55)27-26-41-30-35-46(36-31-41)54-52(44-22-15-12-16-23-44)51(43-20-13-11-14-21-43)53(56(54,3)4)45-33-28-40(6-2)29-34-45/h6,11-18,20-37,39H,2,5,7-10,19,38H2,1,3-4H3/b27-26+. The number of nitrogens with zero attached hydrogens (tertiary/aromatic N) is 1. The SMILES string of the molecule is C=Cc1ccc(C2=C(c3ccccc3)C(c3ccccc3)=C(c3ccc(/C=C/c4ccc5c(c4)c4ccccc4n5CCCCCCCC)cc3)[Si]2(C)C)cc1. The number of allylic oxidation sites excluding steroid dienone is 2. The second-order valence-electron chi connectivity index (χ2n) is 15.9. The van der Waals surface area contributed by atoms with Gasteiger partial charge >= 0.3 is 0 Å². The Morgan fingerprint density at radius 1 is 0.482 bits per heavy atom. The van der Waals surface area contributed by atoms with Gasteiger partial charge in [-0.25, -0.2) is 0 Å². The maximum absolute atomic E-state index is 4.01. The van der Waals surface area contributed by atoms with Gasteiger partial charge in [-0.3, -0.25) is 0 Å². The number of hydrogen-bond donors (Lipinski definition) is 0. The van der Waals surface area contributed by atoms with E-state index in [1.54, 1.807) is 0 Å². The number of fused-ring (bicyclic) bond motifs is 3. The zero-order chi connectivity index (χ0) is 38.5. The summed E-state index contributed by atoms with van der Waals surface area (Å²) in [6, 6.07) is 56.3. The fraction of sp³-hybridized carbons (Fsp3) is 0.185. The summed E-state index contributed by atoms with van der Waals surface area (Å²) in [7, 11) is -2.24. The van der Waals surface area contributed by atoms with Crippen molar-refractivity contribution in [2.75, 3.05) is 0 Å². The van der Waals surface area contributed by atoms with Gasteiger partial charge in [0.05, 0.1) is 0 Å². The molecule has 1 aliphatic rings. The van der Waals surface area contributed by atoms with E-state index in [9.17, 15) is 0 Å². The smallest absolute Gasteiger partial charge is 0.115 e. The number of unbranched alkanes of at least 4 members (excludes halogenated alkanes) is 5. The minimum Gasteiger partial charge on any atom is -0.340 e. The molecule has 0 unspecified atom stereocenters. The van der Waals surface area contributed by atoms with Crippen LogP contribution in [0, 0.1) is 0 Å². The van der Waals surface area contributed by atoms with Gasteiger partial charge in [-0.15, -0.1) is 0 Å². The first-order chi connectivity index (χ1) is 27.5. The third kappa shape index (κ3) is 7.34. The van der Waals surface area contributed by atoms with Gasteiger partial charge in [0.2, 0.25) is 0 Å². The van der Waals surface area contributed by atoms with Crippen LogP contribution >= 0.6 is 0 Å². The quantitative estimate of drug-likeness (QED) is 0.0594. The van der Waals surface area contributed by atoms with Crippen molar-refractivity contribution < 1.29 is 0 Å². The highest BCUT2D eigenvalue weighted by atomic mass is 28.3. The Morgan fingerprint density at radius 2 is 0.982 bits per heavy atom. The zero-order valence-corrected chi connectivity index (χ0v) is 34.3. The lowest BCUT2D eigenvalue weighted by molar-refractivity contribution is 0.571. The summed E-state index contributed by atoms with van der Waals surface area (Å²) in [4.78, 5) is 0. The molecule has 0 saturated carbocycles. The van der Waals surface area contributed by atoms with Gasteiger partial charge in [-0.05, 0) is 85.1 Å². The van der Waals surface area contributed by atoms with Crippen LogP contribution in [0.1, 0.15) is 84.4 Å². The molecule has 7 aromatic rings. The fourth-order valence-corrected chi connectivity index (χ4v) is 12.8. The largest absolute Gasteiger partial charge is 0.340 e. The first-order valence-electron chi connectivity index (χ1n) is 20.6. The van der Waals surface area contributed by atoms with Crippen LogP contribution in [-0.4, -0.2) is 12.6 Å². The molecule has 8 rings (SSSR count). The normalized spacial score (nSPS) is 14.1. The van der Waals surface area contributed by atoms with E-state index in [1.807, 2.05) is 6.08 Å². The summed E-state index contributed by atoms with van der Waals surface area (Å²) in [5.41, 5.74) is 14.1. The average Bonchev–Trinajstić information content (AvgIpc) is 3.69. The summed E-state index contributed by atoms with van der Waals surface area (Å²) in [6.45, 7) is 12.4. The molecule has 2 heterocycles. The van der Waals surface area contributed by atoms with Gasteiger partial charge in [0.25, 0.3) is 0 Å². The summed E-state index contributed by atoms with van der Waals surface area (Å²) >= 11 is 0. The van der Waals surface area contributed by atoms with E-state index in [-0.39, 0.29) is 0 Å². The van der Waals surface area contributed by atoms with E-state index in [4.69, 9.17) is 0 Å². The molecule has 0 atom stereocenters. The second kappa shape index (κ2) is 16.6. The van der Waals surface area contributed by atoms with E-state index >= 15 is 0 Å². The highest BCUT2D eigenvalue weighted by Crippen LogP contribution is 2.55. The fourth-order valence-electron chi connectivity index (χ4n) is 9.00. The lowest BCUT2D eigenvalue weighted by atomic mass is 9.89. The van der Waals surface area contributed by atoms with Gasteiger partial charge in [0, 0.05) is 28.4 Å². The third-order valence-corrected chi connectivity index (χ3v) is 15.3. The van der Waals surface area contributed by atoms with Crippen LogP contribution in [0.3, 0.4) is 0 Å². The van der Waals surface area contributed by atoms with Crippen LogP contribution in [-0.2, 0) is 6.54 Å². The lowest BCUT2D eigenvalue weighted by Crippen LogP contribution is -2.28. The molecule has 1 nitrogen and oxygen atoms in total. The Morgan fingerprint density at radius 3 is 1.59 bits per heavy atom. The van der Waals surface area contributed by atoms with Crippen LogP contribution in [0.15, 0.2) is 158 Å². The van der Waals surface area contributed by atoms with Crippen LogP contribution in [0.2, 0.25) is 13.1 Å². The molecule has 0 saturated heterocycles. The van der Waals surface area contributed by atoms with E-state index in [0.29, 0.717) is 0 Å². The minimum absolute atomic E-state index is 1.07. The van der Waals surface area contributed by atoms with Gasteiger partial charge in [0.15, 0.2) is 0 Å². The number of aryl methyl sites for hydroxylation is 1. The Kier molecular flexibility index (Phi) is 11.0. The average molecular weight is 744 g/mol. The van der Waals surface area contributed by atoms with Crippen molar-refractivity contribution in [1.29, 1.82) is 0 Å². The molecule has 0 amide bonds. The number of para-hydroxylation sites is 1. The minimum atomic E-state index is -2.24. The third-order valence-electron chi connectivity index (χ3n) is 11.8. The van der Waals surface area contributed by atoms with E-state index in [0.717, 1.165) is 12.1 Å². The van der Waals surface area contributed by atoms with Crippen molar-refractivity contribution in [3.05, 3.63) is 197 Å². The van der Waals surface area contributed by atoms with Gasteiger partial charge in [-0.1, -0.05) is 210 Å². The van der Waals surface area contributed by atoms with E-state index < -0.39 is 8.07 Å². The number of hydrogen-bond acceptors (Lipinski definition) is 0. The molecular formula is C54H53NSi. The number of rotatable bonds is 14. The van der Waals surface area contributed by atoms with Gasteiger partial charge in [0.1, 0.15) is 8.07 Å². The van der Waals surface area contributed by atoms with Gasteiger partial charge in [-0.2, -0.15) is 0 Å².